The zero-order valence-corrected chi connectivity index (χ0v) is 13.1. The molecular formula is C17H11BrN4. The normalized spacial score (nSPS) is 10.2. The molecule has 0 radical (unpaired) electrons. The average molecular weight is 351 g/mol. The van der Waals surface area contributed by atoms with Gasteiger partial charge in [-0.15, -0.1) is 0 Å². The van der Waals surface area contributed by atoms with Crippen molar-refractivity contribution in [1.82, 2.24) is 9.97 Å². The summed E-state index contributed by atoms with van der Waals surface area (Å²) in [5, 5.41) is 9.35. The summed E-state index contributed by atoms with van der Waals surface area (Å²) in [6, 6.07) is 17.3. The number of benzene rings is 1. The van der Waals surface area contributed by atoms with Crippen molar-refractivity contribution in [3.05, 3.63) is 64.8 Å². The molecule has 3 aromatic rings. The van der Waals surface area contributed by atoms with Crippen LogP contribution in [0.5, 0.6) is 0 Å². The van der Waals surface area contributed by atoms with Crippen LogP contribution < -0.4 is 5.73 Å². The smallest absolute Gasteiger partial charge is 0.142 e. The number of nitriles is 1. The fourth-order valence-corrected chi connectivity index (χ4v) is 2.44. The van der Waals surface area contributed by atoms with E-state index in [4.69, 9.17) is 5.73 Å². The van der Waals surface area contributed by atoms with Gasteiger partial charge in [-0.3, -0.25) is 4.98 Å². The number of halogens is 1. The molecule has 0 aliphatic rings. The van der Waals surface area contributed by atoms with Gasteiger partial charge in [0.15, 0.2) is 0 Å². The molecule has 22 heavy (non-hydrogen) atoms. The summed E-state index contributed by atoms with van der Waals surface area (Å²) in [6.45, 7) is 0. The molecule has 0 atom stereocenters. The van der Waals surface area contributed by atoms with Crippen molar-refractivity contribution in [3.8, 4) is 28.6 Å². The number of anilines is 1. The summed E-state index contributed by atoms with van der Waals surface area (Å²) >= 11 is 3.41. The summed E-state index contributed by atoms with van der Waals surface area (Å²) < 4.78 is 0.989. The lowest BCUT2D eigenvalue weighted by molar-refractivity contribution is 1.27. The molecule has 2 heterocycles. The molecule has 4 nitrogen and oxygen atoms in total. The number of pyridine rings is 2. The zero-order chi connectivity index (χ0) is 15.5. The molecule has 2 N–H and O–H groups in total. The van der Waals surface area contributed by atoms with Crippen LogP contribution in [0, 0.1) is 11.3 Å². The molecule has 0 aliphatic heterocycles. The van der Waals surface area contributed by atoms with Crippen LogP contribution in [-0.4, -0.2) is 9.97 Å². The number of nitrogens with zero attached hydrogens (tertiary/aromatic N) is 3. The van der Waals surface area contributed by atoms with Crippen molar-refractivity contribution in [3.63, 3.8) is 0 Å². The molecule has 0 amide bonds. The molecule has 2 aromatic heterocycles. The third kappa shape index (κ3) is 2.69. The summed E-state index contributed by atoms with van der Waals surface area (Å²) in [5.41, 5.74) is 9.34. The Bertz CT molecular complexity index is 852. The van der Waals surface area contributed by atoms with Gasteiger partial charge in [0.1, 0.15) is 17.5 Å². The van der Waals surface area contributed by atoms with Crippen LogP contribution in [0.25, 0.3) is 22.5 Å². The van der Waals surface area contributed by atoms with Gasteiger partial charge in [0.2, 0.25) is 0 Å². The molecule has 0 saturated carbocycles. The van der Waals surface area contributed by atoms with E-state index in [-0.39, 0.29) is 5.82 Å². The van der Waals surface area contributed by atoms with Gasteiger partial charge in [-0.05, 0) is 30.3 Å². The molecule has 0 fully saturated rings. The van der Waals surface area contributed by atoms with Gasteiger partial charge in [0.05, 0.1) is 11.4 Å². The van der Waals surface area contributed by atoms with E-state index >= 15 is 0 Å². The van der Waals surface area contributed by atoms with Gasteiger partial charge in [0.25, 0.3) is 0 Å². The quantitative estimate of drug-likeness (QED) is 0.756. The third-order valence-electron chi connectivity index (χ3n) is 3.24. The third-order valence-corrected chi connectivity index (χ3v) is 3.77. The van der Waals surface area contributed by atoms with Crippen LogP contribution in [0.15, 0.2) is 59.2 Å². The van der Waals surface area contributed by atoms with Crippen LogP contribution in [0.4, 0.5) is 5.82 Å². The van der Waals surface area contributed by atoms with E-state index in [1.54, 1.807) is 6.20 Å². The SMILES string of the molecule is N#Cc1c(-c2ccccn2)cc(-c2ccc(Br)cc2)nc1N. The highest BCUT2D eigenvalue weighted by Crippen LogP contribution is 2.30. The first kappa shape index (κ1) is 14.2. The number of nitrogens with two attached hydrogens (primary N) is 1. The lowest BCUT2D eigenvalue weighted by Gasteiger charge is -2.09. The first-order valence-electron chi connectivity index (χ1n) is 6.57. The summed E-state index contributed by atoms with van der Waals surface area (Å²) in [4.78, 5) is 8.65. The van der Waals surface area contributed by atoms with Crippen LogP contribution in [0.2, 0.25) is 0 Å². The Morgan fingerprint density at radius 2 is 1.82 bits per heavy atom. The van der Waals surface area contributed by atoms with Crippen molar-refractivity contribution >= 4 is 21.7 Å². The number of nitrogen functional groups attached to an aromatic ring is 1. The van der Waals surface area contributed by atoms with E-state index in [2.05, 4.69) is 32.0 Å². The highest BCUT2D eigenvalue weighted by Gasteiger charge is 2.13. The number of hydrogen-bond donors (Lipinski definition) is 1. The summed E-state index contributed by atoms with van der Waals surface area (Å²) in [5.74, 6) is 0.212. The van der Waals surface area contributed by atoms with Gasteiger partial charge in [0, 0.05) is 21.8 Å². The van der Waals surface area contributed by atoms with Crippen molar-refractivity contribution in [2.45, 2.75) is 0 Å². The second-order valence-electron chi connectivity index (χ2n) is 4.65. The van der Waals surface area contributed by atoms with E-state index in [9.17, 15) is 5.26 Å². The number of hydrogen-bond acceptors (Lipinski definition) is 4. The first-order chi connectivity index (χ1) is 10.7. The minimum atomic E-state index is 0.212. The van der Waals surface area contributed by atoms with Crippen molar-refractivity contribution in [2.75, 3.05) is 5.73 Å². The van der Waals surface area contributed by atoms with Crippen LogP contribution in [-0.2, 0) is 0 Å². The van der Waals surface area contributed by atoms with Crippen molar-refractivity contribution in [1.29, 1.82) is 5.26 Å². The predicted octanol–water partition coefficient (Wildman–Crippen LogP) is 4.03. The molecule has 106 valence electrons. The topological polar surface area (TPSA) is 75.6 Å². The summed E-state index contributed by atoms with van der Waals surface area (Å²) in [7, 11) is 0. The lowest BCUT2D eigenvalue weighted by atomic mass is 10.0. The molecule has 3 rings (SSSR count). The van der Waals surface area contributed by atoms with Crippen LogP contribution in [0.1, 0.15) is 5.56 Å². The Morgan fingerprint density at radius 3 is 2.45 bits per heavy atom. The molecule has 0 aliphatic carbocycles. The second kappa shape index (κ2) is 5.96. The van der Waals surface area contributed by atoms with Gasteiger partial charge in [-0.1, -0.05) is 34.1 Å². The minimum Gasteiger partial charge on any atom is -0.383 e. The van der Waals surface area contributed by atoms with Gasteiger partial charge >= 0.3 is 0 Å². The maximum atomic E-state index is 9.35. The van der Waals surface area contributed by atoms with Crippen molar-refractivity contribution < 1.29 is 0 Å². The average Bonchev–Trinajstić information content (AvgIpc) is 2.55. The predicted molar refractivity (Wildman–Crippen MR) is 89.7 cm³/mol. The highest BCUT2D eigenvalue weighted by atomic mass is 79.9. The Hall–Kier alpha value is -2.71. The van der Waals surface area contributed by atoms with E-state index in [0.29, 0.717) is 22.5 Å². The monoisotopic (exact) mass is 350 g/mol. The van der Waals surface area contributed by atoms with E-state index in [1.165, 1.54) is 0 Å². The molecule has 0 spiro atoms. The lowest BCUT2D eigenvalue weighted by Crippen LogP contribution is -2.00. The molecule has 5 heteroatoms. The Morgan fingerprint density at radius 1 is 1.05 bits per heavy atom. The van der Waals surface area contributed by atoms with E-state index in [0.717, 1.165) is 10.0 Å². The molecule has 0 saturated heterocycles. The van der Waals surface area contributed by atoms with E-state index in [1.807, 2.05) is 48.5 Å². The van der Waals surface area contributed by atoms with Gasteiger partial charge < -0.3 is 5.73 Å². The first-order valence-corrected chi connectivity index (χ1v) is 7.36. The fraction of sp³-hybridized carbons (Fsp3) is 0. The summed E-state index contributed by atoms with van der Waals surface area (Å²) in [6.07, 6.45) is 1.69. The standard InChI is InChI=1S/C17H11BrN4/c18-12-6-4-11(5-7-12)16-9-13(14(10-19)17(20)22-16)15-3-1-2-8-21-15/h1-9H,(H2,20,22). The molecule has 1 aromatic carbocycles. The zero-order valence-electron chi connectivity index (χ0n) is 11.5. The van der Waals surface area contributed by atoms with Gasteiger partial charge in [-0.2, -0.15) is 5.26 Å². The van der Waals surface area contributed by atoms with Crippen LogP contribution >= 0.6 is 15.9 Å². The Kier molecular flexibility index (Phi) is 3.86. The number of rotatable bonds is 2. The molecular weight excluding hydrogens is 340 g/mol. The van der Waals surface area contributed by atoms with Crippen LogP contribution in [0.3, 0.4) is 0 Å². The second-order valence-corrected chi connectivity index (χ2v) is 5.56. The van der Waals surface area contributed by atoms with E-state index < -0.39 is 0 Å². The number of aromatic nitrogens is 2. The maximum absolute atomic E-state index is 9.35. The molecule has 0 bridgehead atoms. The van der Waals surface area contributed by atoms with Gasteiger partial charge in [-0.25, -0.2) is 4.98 Å². The Balaban J connectivity index is 2.21. The largest absolute Gasteiger partial charge is 0.383 e. The highest BCUT2D eigenvalue weighted by molar-refractivity contribution is 9.10. The van der Waals surface area contributed by atoms with Crippen molar-refractivity contribution in [2.24, 2.45) is 0 Å². The Labute approximate surface area is 136 Å². The maximum Gasteiger partial charge on any atom is 0.142 e. The molecule has 0 unspecified atom stereocenters. The fourth-order valence-electron chi connectivity index (χ4n) is 2.17. The minimum absolute atomic E-state index is 0.212.